The smallest absolute Gasteiger partial charge is 0.127 e. The number of hydrogen-bond donors (Lipinski definition) is 1. The molecule has 2 aliphatic rings. The topological polar surface area (TPSA) is 21.3 Å². The highest BCUT2D eigenvalue weighted by Crippen LogP contribution is 2.54. The highest BCUT2D eigenvalue weighted by atomic mass is 16.5. The highest BCUT2D eigenvalue weighted by Gasteiger charge is 2.45. The first-order chi connectivity index (χ1) is 10.9. The predicted molar refractivity (Wildman–Crippen MR) is 95.8 cm³/mol. The van der Waals surface area contributed by atoms with Crippen molar-refractivity contribution in [2.24, 2.45) is 0 Å². The van der Waals surface area contributed by atoms with E-state index in [-0.39, 0.29) is 11.5 Å². The minimum absolute atomic E-state index is 0.220. The summed E-state index contributed by atoms with van der Waals surface area (Å²) in [5, 5.41) is 3.59. The lowest BCUT2D eigenvalue weighted by atomic mass is 9.78. The summed E-state index contributed by atoms with van der Waals surface area (Å²) >= 11 is 0. The molecule has 120 valence electrons. The molecule has 0 aromatic heterocycles. The Morgan fingerprint density at radius 1 is 1.04 bits per heavy atom. The van der Waals surface area contributed by atoms with E-state index < -0.39 is 0 Å². The van der Waals surface area contributed by atoms with Crippen LogP contribution in [-0.2, 0) is 6.42 Å². The molecule has 4 rings (SSSR count). The molecule has 0 radical (unpaired) electrons. The third-order valence-corrected chi connectivity index (χ3v) is 5.56. The molecule has 2 aromatic carbocycles. The van der Waals surface area contributed by atoms with Gasteiger partial charge >= 0.3 is 0 Å². The Morgan fingerprint density at radius 2 is 1.74 bits per heavy atom. The molecule has 0 saturated heterocycles. The van der Waals surface area contributed by atoms with Gasteiger partial charge in [0.2, 0.25) is 0 Å². The quantitative estimate of drug-likeness (QED) is 0.810. The average molecular weight is 307 g/mol. The third-order valence-electron chi connectivity index (χ3n) is 5.56. The first-order valence-corrected chi connectivity index (χ1v) is 8.55. The summed E-state index contributed by atoms with van der Waals surface area (Å²) in [5.41, 5.74) is 9.30. The molecule has 1 atom stereocenters. The van der Waals surface area contributed by atoms with Crippen LogP contribution >= 0.6 is 0 Å². The summed E-state index contributed by atoms with van der Waals surface area (Å²) in [6, 6.07) is 8.93. The van der Waals surface area contributed by atoms with Crippen molar-refractivity contribution in [1.29, 1.82) is 0 Å². The highest BCUT2D eigenvalue weighted by molar-refractivity contribution is 5.73. The zero-order valence-corrected chi connectivity index (χ0v) is 14.7. The Hall–Kier alpha value is -1.96. The molecular formula is C21H25NO. The van der Waals surface area contributed by atoms with Gasteiger partial charge in [0.05, 0.1) is 5.92 Å². The molecule has 0 aliphatic carbocycles. The van der Waals surface area contributed by atoms with Gasteiger partial charge in [-0.15, -0.1) is 0 Å². The largest absolute Gasteiger partial charge is 0.486 e. The standard InChI is InChI=1S/C21H25NO/c1-12-6-8-15(9-7-12)18-17-14(3)19-16(10-11-22-19)13(2)20(17)23-21(18,4)5/h6-9,18,22H,10-11H2,1-5H3. The third kappa shape index (κ3) is 2.00. The van der Waals surface area contributed by atoms with E-state index >= 15 is 0 Å². The van der Waals surface area contributed by atoms with Crippen LogP contribution in [-0.4, -0.2) is 12.1 Å². The fourth-order valence-electron chi connectivity index (χ4n) is 4.40. The van der Waals surface area contributed by atoms with Crippen LogP contribution in [0.2, 0.25) is 0 Å². The van der Waals surface area contributed by atoms with Crippen molar-refractivity contribution in [3.8, 4) is 5.75 Å². The molecule has 23 heavy (non-hydrogen) atoms. The zero-order chi connectivity index (χ0) is 16.4. The van der Waals surface area contributed by atoms with Crippen LogP contribution < -0.4 is 10.1 Å². The maximum absolute atomic E-state index is 6.50. The molecule has 2 heteroatoms. The second kappa shape index (κ2) is 4.77. The van der Waals surface area contributed by atoms with E-state index in [0.29, 0.717) is 0 Å². The molecule has 0 bridgehead atoms. The Balaban J connectivity index is 1.97. The summed E-state index contributed by atoms with van der Waals surface area (Å²) < 4.78 is 6.50. The molecule has 0 fully saturated rings. The summed E-state index contributed by atoms with van der Waals surface area (Å²) in [7, 11) is 0. The fraction of sp³-hybridized carbons (Fsp3) is 0.429. The van der Waals surface area contributed by atoms with E-state index in [1.54, 1.807) is 0 Å². The van der Waals surface area contributed by atoms with Gasteiger partial charge in [-0.1, -0.05) is 29.8 Å². The molecule has 0 amide bonds. The van der Waals surface area contributed by atoms with Crippen molar-refractivity contribution >= 4 is 5.69 Å². The molecule has 1 N–H and O–H groups in total. The predicted octanol–water partition coefficient (Wildman–Crippen LogP) is 4.88. The molecule has 2 nitrogen and oxygen atoms in total. The molecule has 2 aliphatic heterocycles. The second-order valence-electron chi connectivity index (χ2n) is 7.57. The number of ether oxygens (including phenoxy) is 1. The lowest BCUT2D eigenvalue weighted by Crippen LogP contribution is -2.31. The van der Waals surface area contributed by atoms with Crippen molar-refractivity contribution in [2.45, 2.75) is 52.6 Å². The number of aryl methyl sites for hydroxylation is 1. The van der Waals surface area contributed by atoms with E-state index in [9.17, 15) is 0 Å². The summed E-state index contributed by atoms with van der Waals surface area (Å²) in [4.78, 5) is 0. The number of anilines is 1. The van der Waals surface area contributed by atoms with Gasteiger partial charge < -0.3 is 10.1 Å². The molecular weight excluding hydrogens is 282 g/mol. The second-order valence-corrected chi connectivity index (χ2v) is 7.57. The van der Waals surface area contributed by atoms with E-state index in [2.05, 4.69) is 64.2 Å². The Bertz CT molecular complexity index is 787. The molecule has 0 spiro atoms. The van der Waals surface area contributed by atoms with Gasteiger partial charge in [-0.2, -0.15) is 0 Å². The van der Waals surface area contributed by atoms with E-state index in [0.717, 1.165) is 18.7 Å². The zero-order valence-electron chi connectivity index (χ0n) is 14.7. The maximum Gasteiger partial charge on any atom is 0.127 e. The van der Waals surface area contributed by atoms with Crippen LogP contribution in [0.1, 0.15) is 53.1 Å². The number of hydrogen-bond acceptors (Lipinski definition) is 2. The molecule has 2 aromatic rings. The van der Waals surface area contributed by atoms with E-state index in [1.165, 1.54) is 39.1 Å². The van der Waals surface area contributed by atoms with Gasteiger partial charge in [0.15, 0.2) is 0 Å². The van der Waals surface area contributed by atoms with Crippen LogP contribution in [0.5, 0.6) is 5.75 Å². The molecule has 2 heterocycles. The maximum atomic E-state index is 6.50. The van der Waals surface area contributed by atoms with Crippen LogP contribution in [0.25, 0.3) is 0 Å². The lowest BCUT2D eigenvalue weighted by molar-refractivity contribution is 0.121. The SMILES string of the molecule is Cc1ccc(C2c3c(C)c4c(c(C)c3OC2(C)C)CCN4)cc1. The van der Waals surface area contributed by atoms with Crippen molar-refractivity contribution in [1.82, 2.24) is 0 Å². The minimum atomic E-state index is -0.220. The minimum Gasteiger partial charge on any atom is -0.486 e. The van der Waals surface area contributed by atoms with Gasteiger partial charge in [-0.3, -0.25) is 0 Å². The molecule has 1 unspecified atom stereocenters. The number of benzene rings is 2. The van der Waals surface area contributed by atoms with Crippen molar-refractivity contribution in [2.75, 3.05) is 11.9 Å². The number of nitrogens with one attached hydrogen (secondary N) is 1. The first-order valence-electron chi connectivity index (χ1n) is 8.55. The molecule has 0 saturated carbocycles. The monoisotopic (exact) mass is 307 g/mol. The van der Waals surface area contributed by atoms with Gasteiger partial charge in [0.1, 0.15) is 11.4 Å². The van der Waals surface area contributed by atoms with Crippen molar-refractivity contribution in [3.05, 3.63) is 57.6 Å². The van der Waals surface area contributed by atoms with E-state index in [4.69, 9.17) is 4.74 Å². The van der Waals surface area contributed by atoms with Gasteiger partial charge in [0.25, 0.3) is 0 Å². The normalized spacial score (nSPS) is 20.7. The fourth-order valence-corrected chi connectivity index (χ4v) is 4.40. The first kappa shape index (κ1) is 14.6. The summed E-state index contributed by atoms with van der Waals surface area (Å²) in [6.45, 7) is 12.1. The summed E-state index contributed by atoms with van der Waals surface area (Å²) in [5.74, 6) is 1.41. The van der Waals surface area contributed by atoms with Crippen molar-refractivity contribution < 1.29 is 4.74 Å². The van der Waals surface area contributed by atoms with Gasteiger partial charge in [-0.05, 0) is 63.3 Å². The van der Waals surface area contributed by atoms with Crippen LogP contribution in [0.4, 0.5) is 5.69 Å². The Morgan fingerprint density at radius 3 is 2.43 bits per heavy atom. The number of fused-ring (bicyclic) bond motifs is 2. The van der Waals surface area contributed by atoms with Gasteiger partial charge in [-0.25, -0.2) is 0 Å². The van der Waals surface area contributed by atoms with Crippen molar-refractivity contribution in [3.63, 3.8) is 0 Å². The Labute approximate surface area is 138 Å². The Kier molecular flexibility index (Phi) is 3.03. The van der Waals surface area contributed by atoms with Crippen LogP contribution in [0, 0.1) is 20.8 Å². The van der Waals surface area contributed by atoms with Crippen LogP contribution in [0.15, 0.2) is 24.3 Å². The number of rotatable bonds is 1. The van der Waals surface area contributed by atoms with Gasteiger partial charge in [0, 0.05) is 17.8 Å². The van der Waals surface area contributed by atoms with E-state index in [1.807, 2.05) is 0 Å². The lowest BCUT2D eigenvalue weighted by Gasteiger charge is -2.27. The summed E-state index contributed by atoms with van der Waals surface area (Å²) in [6.07, 6.45) is 1.11. The van der Waals surface area contributed by atoms with Crippen LogP contribution in [0.3, 0.4) is 0 Å². The average Bonchev–Trinajstić information content (AvgIpc) is 3.08.